The lowest BCUT2D eigenvalue weighted by Gasteiger charge is -2.25. The number of likely N-dealkylation sites (N-methyl/N-ethyl adjacent to an activating group) is 1. The molecule has 0 saturated carbocycles. The van der Waals surface area contributed by atoms with Crippen LogP contribution in [0.4, 0.5) is 4.39 Å². The van der Waals surface area contributed by atoms with Gasteiger partial charge in [0.25, 0.3) is 11.5 Å². The first kappa shape index (κ1) is 20.0. The van der Waals surface area contributed by atoms with Crippen molar-refractivity contribution in [2.24, 2.45) is 0 Å². The van der Waals surface area contributed by atoms with Gasteiger partial charge < -0.3 is 23.9 Å². The molecule has 0 radical (unpaired) electrons. The molecule has 2 aromatic heterocycles. The van der Waals surface area contributed by atoms with Crippen LogP contribution >= 0.6 is 11.6 Å². The molecule has 8 nitrogen and oxygen atoms in total. The van der Waals surface area contributed by atoms with Gasteiger partial charge in [-0.25, -0.2) is 9.18 Å². The van der Waals surface area contributed by atoms with Crippen LogP contribution < -0.4 is 10.3 Å². The molecular formula is C20H17ClFN3O5. The second-order valence-electron chi connectivity index (χ2n) is 7.01. The molecule has 0 aliphatic carbocycles. The van der Waals surface area contributed by atoms with E-state index in [4.69, 9.17) is 16.3 Å². The van der Waals surface area contributed by atoms with Crippen LogP contribution in [0.5, 0.6) is 5.75 Å². The molecule has 10 heteroatoms. The monoisotopic (exact) mass is 433 g/mol. The van der Waals surface area contributed by atoms with Gasteiger partial charge >= 0.3 is 5.97 Å². The van der Waals surface area contributed by atoms with Crippen LogP contribution in [0.2, 0.25) is 5.02 Å². The minimum absolute atomic E-state index is 0.0178. The molecule has 3 aromatic rings. The molecule has 0 spiro atoms. The molecule has 0 bridgehead atoms. The van der Waals surface area contributed by atoms with E-state index in [1.165, 1.54) is 45.5 Å². The number of carbonyl (C=O) groups excluding carboxylic acids is 1. The third-order valence-corrected chi connectivity index (χ3v) is 5.50. The van der Waals surface area contributed by atoms with Crippen molar-refractivity contribution in [1.82, 2.24) is 14.0 Å². The first-order valence-electron chi connectivity index (χ1n) is 9.01. The Labute approximate surface area is 174 Å². The Kier molecular flexibility index (Phi) is 4.77. The number of fused-ring (bicyclic) bond motifs is 3. The fraction of sp³-hybridized carbons (Fsp3) is 0.250. The number of carbonyl (C=O) groups is 2. The maximum absolute atomic E-state index is 13.5. The smallest absolute Gasteiger partial charge is 0.339 e. The van der Waals surface area contributed by atoms with E-state index < -0.39 is 17.3 Å². The van der Waals surface area contributed by atoms with E-state index >= 15 is 0 Å². The molecule has 156 valence electrons. The summed E-state index contributed by atoms with van der Waals surface area (Å²) in [5.41, 5.74) is 0.139. The van der Waals surface area contributed by atoms with Gasteiger partial charge in [0.15, 0.2) is 11.4 Å². The number of benzene rings is 1. The van der Waals surface area contributed by atoms with Gasteiger partial charge in [0.1, 0.15) is 16.8 Å². The number of hydrogen-bond donors (Lipinski definition) is 1. The summed E-state index contributed by atoms with van der Waals surface area (Å²) in [5.74, 6) is -2.17. The Balaban J connectivity index is 2.02. The topological polar surface area (TPSA) is 93.8 Å². The second-order valence-corrected chi connectivity index (χ2v) is 7.42. The SMILES string of the molecule is COc1c2n(c3c(C(=O)O)cn(Cc4ccc(F)c(Cl)c4)c(=O)c13)CCN(C)C2=O. The largest absolute Gasteiger partial charge is 0.493 e. The fourth-order valence-corrected chi connectivity index (χ4v) is 3.97. The van der Waals surface area contributed by atoms with E-state index in [2.05, 4.69) is 0 Å². The molecule has 1 amide bonds. The Hall–Kier alpha value is -3.33. The lowest BCUT2D eigenvalue weighted by atomic mass is 10.1. The Morgan fingerprint density at radius 1 is 1.30 bits per heavy atom. The first-order chi connectivity index (χ1) is 14.2. The summed E-state index contributed by atoms with van der Waals surface area (Å²) in [6.07, 6.45) is 1.22. The number of aromatic nitrogens is 2. The molecule has 3 heterocycles. The van der Waals surface area contributed by atoms with Crippen molar-refractivity contribution in [2.45, 2.75) is 13.1 Å². The zero-order chi connectivity index (χ0) is 21.7. The number of methoxy groups -OCH3 is 1. The van der Waals surface area contributed by atoms with Crippen LogP contribution in [-0.4, -0.2) is 51.7 Å². The lowest BCUT2D eigenvalue weighted by Crippen LogP contribution is -2.37. The van der Waals surface area contributed by atoms with E-state index in [-0.39, 0.29) is 45.4 Å². The lowest BCUT2D eigenvalue weighted by molar-refractivity contribution is 0.0693. The first-order valence-corrected chi connectivity index (χ1v) is 9.38. The molecule has 4 rings (SSSR count). The summed E-state index contributed by atoms with van der Waals surface area (Å²) >= 11 is 5.82. The van der Waals surface area contributed by atoms with Gasteiger partial charge in [-0.3, -0.25) is 9.59 Å². The highest BCUT2D eigenvalue weighted by atomic mass is 35.5. The van der Waals surface area contributed by atoms with Crippen LogP contribution in [0, 0.1) is 5.82 Å². The molecule has 1 aliphatic heterocycles. The standard InChI is InChI=1S/C20H17ClFN3O5/c1-23-5-6-25-15-11(20(28)29)9-24(8-10-3-4-13(22)12(21)7-10)18(26)14(15)17(30-2)16(25)19(23)27/h3-4,7,9H,5-6,8H2,1-2H3,(H,28,29). The van der Waals surface area contributed by atoms with Crippen LogP contribution in [0.3, 0.4) is 0 Å². The highest BCUT2D eigenvalue weighted by molar-refractivity contribution is 6.30. The van der Waals surface area contributed by atoms with E-state index in [1.54, 1.807) is 7.05 Å². The van der Waals surface area contributed by atoms with E-state index in [0.717, 1.165) is 0 Å². The average molecular weight is 434 g/mol. The molecule has 0 atom stereocenters. The quantitative estimate of drug-likeness (QED) is 0.682. The summed E-state index contributed by atoms with van der Waals surface area (Å²) in [7, 11) is 2.95. The van der Waals surface area contributed by atoms with Gasteiger partial charge in [-0.15, -0.1) is 0 Å². The molecular weight excluding hydrogens is 417 g/mol. The van der Waals surface area contributed by atoms with E-state index in [1.807, 2.05) is 0 Å². The summed E-state index contributed by atoms with van der Waals surface area (Å²) in [5, 5.41) is 9.72. The molecule has 0 unspecified atom stereocenters. The maximum atomic E-state index is 13.5. The van der Waals surface area contributed by atoms with Gasteiger partial charge in [-0.2, -0.15) is 0 Å². The number of amides is 1. The van der Waals surface area contributed by atoms with Crippen LogP contribution in [-0.2, 0) is 13.1 Å². The number of carboxylic acids is 1. The fourth-order valence-electron chi connectivity index (χ4n) is 3.77. The minimum atomic E-state index is -1.25. The number of halogens is 2. The molecule has 1 aliphatic rings. The molecule has 1 aromatic carbocycles. The molecule has 0 fully saturated rings. The van der Waals surface area contributed by atoms with Gasteiger partial charge in [-0.1, -0.05) is 17.7 Å². The van der Waals surface area contributed by atoms with Crippen molar-refractivity contribution in [3.8, 4) is 5.75 Å². The zero-order valence-corrected chi connectivity index (χ0v) is 16.9. The molecule has 0 saturated heterocycles. The highest BCUT2D eigenvalue weighted by Crippen LogP contribution is 2.35. The van der Waals surface area contributed by atoms with Crippen molar-refractivity contribution >= 4 is 34.4 Å². The number of ether oxygens (including phenoxy) is 1. The normalized spacial score (nSPS) is 13.6. The van der Waals surface area contributed by atoms with Crippen molar-refractivity contribution in [1.29, 1.82) is 0 Å². The number of pyridine rings is 1. The third-order valence-electron chi connectivity index (χ3n) is 5.21. The van der Waals surface area contributed by atoms with Crippen LogP contribution in [0.1, 0.15) is 26.4 Å². The number of rotatable bonds is 4. The van der Waals surface area contributed by atoms with Gasteiger partial charge in [0.2, 0.25) is 0 Å². The van der Waals surface area contributed by atoms with Crippen molar-refractivity contribution in [3.05, 3.63) is 62.4 Å². The predicted octanol–water partition coefficient (Wildman–Crippen LogP) is 2.44. The minimum Gasteiger partial charge on any atom is -0.493 e. The summed E-state index contributed by atoms with van der Waals surface area (Å²) in [4.78, 5) is 39.5. The van der Waals surface area contributed by atoms with E-state index in [9.17, 15) is 23.9 Å². The van der Waals surface area contributed by atoms with Gasteiger partial charge in [0, 0.05) is 26.3 Å². The molecule has 1 N–H and O–H groups in total. The van der Waals surface area contributed by atoms with E-state index in [0.29, 0.717) is 18.7 Å². The van der Waals surface area contributed by atoms with Gasteiger partial charge in [-0.05, 0) is 17.7 Å². The Bertz CT molecular complexity index is 1280. The van der Waals surface area contributed by atoms with Crippen LogP contribution in [0.25, 0.3) is 10.9 Å². The summed E-state index contributed by atoms with van der Waals surface area (Å²) in [6.45, 7) is 0.663. The van der Waals surface area contributed by atoms with Crippen LogP contribution in [0.15, 0.2) is 29.2 Å². The predicted molar refractivity (Wildman–Crippen MR) is 107 cm³/mol. The highest BCUT2D eigenvalue weighted by Gasteiger charge is 2.34. The number of aromatic carboxylic acids is 1. The van der Waals surface area contributed by atoms with Gasteiger partial charge in [0.05, 0.1) is 24.2 Å². The van der Waals surface area contributed by atoms with Crippen molar-refractivity contribution < 1.29 is 23.8 Å². The summed E-state index contributed by atoms with van der Waals surface area (Å²) < 4.78 is 21.6. The molecule has 30 heavy (non-hydrogen) atoms. The Morgan fingerprint density at radius 2 is 2.03 bits per heavy atom. The zero-order valence-electron chi connectivity index (χ0n) is 16.1. The van der Waals surface area contributed by atoms with Crippen molar-refractivity contribution in [2.75, 3.05) is 20.7 Å². The van der Waals surface area contributed by atoms with Crippen molar-refractivity contribution in [3.63, 3.8) is 0 Å². The average Bonchev–Trinajstić information content (AvgIpc) is 3.04. The maximum Gasteiger partial charge on any atom is 0.339 e. The Morgan fingerprint density at radius 3 is 2.67 bits per heavy atom. The number of hydrogen-bond acceptors (Lipinski definition) is 4. The third kappa shape index (κ3) is 2.93. The number of nitrogens with zero attached hydrogens (tertiary/aromatic N) is 3. The summed E-state index contributed by atoms with van der Waals surface area (Å²) in [6, 6.07) is 4.00. The number of carboxylic acid groups (broad SMARTS) is 1. The second kappa shape index (κ2) is 7.17.